The van der Waals surface area contributed by atoms with Crippen molar-refractivity contribution in [3.8, 4) is 45.2 Å². The first-order chi connectivity index (χ1) is 25.3. The maximum absolute atomic E-state index is 6.27. The molecule has 11 aromatic rings. The Hall–Kier alpha value is -6.91. The van der Waals surface area contributed by atoms with Gasteiger partial charge in [0.25, 0.3) is 0 Å². The third kappa shape index (κ3) is 4.30. The maximum atomic E-state index is 6.27. The lowest BCUT2D eigenvalue weighted by molar-refractivity contribution is 0.655. The highest BCUT2D eigenvalue weighted by Crippen LogP contribution is 2.41. The highest BCUT2D eigenvalue weighted by molar-refractivity contribution is 6.25. The van der Waals surface area contributed by atoms with Crippen LogP contribution in [0.2, 0.25) is 0 Å². The molecule has 0 saturated heterocycles. The summed E-state index contributed by atoms with van der Waals surface area (Å²) in [6, 6.07) is 57.4. The van der Waals surface area contributed by atoms with Crippen LogP contribution >= 0.6 is 0 Å². The number of hydrogen-bond acceptors (Lipinski definition) is 4. The van der Waals surface area contributed by atoms with Crippen molar-refractivity contribution in [3.05, 3.63) is 164 Å². The summed E-state index contributed by atoms with van der Waals surface area (Å²) in [5.74, 6) is 0.695. The van der Waals surface area contributed by atoms with Crippen molar-refractivity contribution in [2.75, 3.05) is 0 Å². The second kappa shape index (κ2) is 10.8. The Balaban J connectivity index is 1.08. The number of hydrogen-bond donors (Lipinski definition) is 0. The molecule has 0 fully saturated rings. The summed E-state index contributed by atoms with van der Waals surface area (Å²) in [6.07, 6.45) is 0. The lowest BCUT2D eigenvalue weighted by Gasteiger charge is -2.15. The van der Waals surface area contributed by atoms with E-state index in [9.17, 15) is 0 Å². The van der Waals surface area contributed by atoms with Gasteiger partial charge in [0.1, 0.15) is 5.58 Å². The summed E-state index contributed by atoms with van der Waals surface area (Å²) in [7, 11) is 0. The van der Waals surface area contributed by atoms with Crippen LogP contribution in [0.5, 0.6) is 0 Å². The van der Waals surface area contributed by atoms with Gasteiger partial charge in [0.2, 0.25) is 5.71 Å². The van der Waals surface area contributed by atoms with Gasteiger partial charge in [-0.1, -0.05) is 152 Å². The molecule has 3 aromatic heterocycles. The maximum Gasteiger partial charge on any atom is 0.228 e. The Morgan fingerprint density at radius 2 is 1.02 bits per heavy atom. The van der Waals surface area contributed by atoms with Crippen molar-refractivity contribution < 1.29 is 4.42 Å². The van der Waals surface area contributed by atoms with Crippen LogP contribution in [0.1, 0.15) is 0 Å². The third-order valence-corrected chi connectivity index (χ3v) is 10.3. The van der Waals surface area contributed by atoms with Crippen molar-refractivity contribution >= 4 is 65.2 Å². The first-order valence-electron chi connectivity index (χ1n) is 17.2. The van der Waals surface area contributed by atoms with Crippen LogP contribution in [-0.2, 0) is 0 Å². The fourth-order valence-corrected chi connectivity index (χ4v) is 7.87. The van der Waals surface area contributed by atoms with Gasteiger partial charge in [-0.15, -0.1) is 0 Å². The van der Waals surface area contributed by atoms with E-state index in [1.807, 2.05) is 36.4 Å². The summed E-state index contributed by atoms with van der Waals surface area (Å²) in [4.78, 5) is 15.4. The monoisotopic (exact) mass is 649 g/mol. The second-order valence-electron chi connectivity index (χ2n) is 13.2. The van der Waals surface area contributed by atoms with Crippen molar-refractivity contribution in [2.45, 2.75) is 0 Å². The van der Waals surface area contributed by atoms with Crippen LogP contribution < -0.4 is 0 Å². The van der Waals surface area contributed by atoms with E-state index >= 15 is 0 Å². The van der Waals surface area contributed by atoms with Gasteiger partial charge in [-0.05, 0) is 49.8 Å². The number of benzene rings is 8. The Bertz CT molecular complexity index is 3110. The zero-order valence-electron chi connectivity index (χ0n) is 27.3. The minimum Gasteiger partial charge on any atom is -0.438 e. The van der Waals surface area contributed by atoms with Crippen molar-refractivity contribution in [1.82, 2.24) is 15.0 Å². The first-order valence-corrected chi connectivity index (χ1v) is 17.2. The minimum absolute atomic E-state index is 0.648. The van der Waals surface area contributed by atoms with Gasteiger partial charge < -0.3 is 4.42 Å². The highest BCUT2D eigenvalue weighted by Gasteiger charge is 2.18. The van der Waals surface area contributed by atoms with Crippen LogP contribution in [0.3, 0.4) is 0 Å². The van der Waals surface area contributed by atoms with Gasteiger partial charge in [0.05, 0.1) is 22.5 Å². The number of pyridine rings is 1. The molecule has 0 atom stereocenters. The van der Waals surface area contributed by atoms with Gasteiger partial charge in [-0.3, -0.25) is 0 Å². The van der Waals surface area contributed by atoms with E-state index < -0.39 is 0 Å². The molecule has 0 aliphatic rings. The SMILES string of the molecule is c1ccc(-c2nc(-c3ccc(-c4nc5oc6ccccc6c5c5ccccc45)cc3)cc(-c3ccc4ccc5cccc6ccc3c4c56)n2)cc1. The molecule has 0 bridgehead atoms. The van der Waals surface area contributed by atoms with E-state index in [2.05, 4.69) is 127 Å². The number of nitrogens with zero attached hydrogens (tertiary/aromatic N) is 3. The van der Waals surface area contributed by atoms with Gasteiger partial charge in [-0.25, -0.2) is 15.0 Å². The summed E-state index contributed by atoms with van der Waals surface area (Å²) in [5, 5.41) is 11.8. The number of fused-ring (bicyclic) bond motifs is 5. The van der Waals surface area contributed by atoms with E-state index in [4.69, 9.17) is 19.4 Å². The lowest BCUT2D eigenvalue weighted by atomic mass is 9.91. The minimum atomic E-state index is 0.648. The molecule has 0 N–H and O–H groups in total. The zero-order valence-corrected chi connectivity index (χ0v) is 27.3. The fraction of sp³-hybridized carbons (Fsp3) is 0. The second-order valence-corrected chi connectivity index (χ2v) is 13.2. The Morgan fingerprint density at radius 3 is 1.84 bits per heavy atom. The van der Waals surface area contributed by atoms with Gasteiger partial charge in [0, 0.05) is 33.0 Å². The van der Waals surface area contributed by atoms with Gasteiger partial charge in [-0.2, -0.15) is 0 Å². The molecule has 8 aromatic carbocycles. The quantitative estimate of drug-likeness (QED) is 0.178. The van der Waals surface area contributed by atoms with Gasteiger partial charge >= 0.3 is 0 Å². The molecule has 0 radical (unpaired) electrons. The molecule has 0 aliphatic heterocycles. The molecule has 0 spiro atoms. The Kier molecular flexibility index (Phi) is 5.92. The molecular formula is C47H27N3O. The summed E-state index contributed by atoms with van der Waals surface area (Å²) >= 11 is 0. The van der Waals surface area contributed by atoms with Crippen LogP contribution in [0, 0.1) is 0 Å². The number of furan rings is 1. The largest absolute Gasteiger partial charge is 0.438 e. The number of para-hydroxylation sites is 1. The standard InChI is InChI=1S/C47H27N3O/c1-2-9-33(10-3-1)46-48-39(27-40(49-46)34-25-23-31-20-19-29-11-8-12-30-24-26-36(34)43(31)42(29)30)28-17-21-32(22-18-28)45-37-14-5-4-13-35(37)44-38-15-6-7-16-41(38)51-47(44)50-45/h1-27H. The van der Waals surface area contributed by atoms with Crippen LogP contribution in [0.25, 0.3) is 110 Å². The molecule has 3 heterocycles. The normalized spacial score (nSPS) is 11.9. The number of rotatable bonds is 4. The molecular weight excluding hydrogens is 623 g/mol. The molecule has 236 valence electrons. The summed E-state index contributed by atoms with van der Waals surface area (Å²) in [6.45, 7) is 0. The fourth-order valence-electron chi connectivity index (χ4n) is 7.87. The third-order valence-electron chi connectivity index (χ3n) is 10.3. The summed E-state index contributed by atoms with van der Waals surface area (Å²) in [5.41, 5.74) is 8.23. The molecule has 4 heteroatoms. The van der Waals surface area contributed by atoms with Crippen molar-refractivity contribution in [3.63, 3.8) is 0 Å². The van der Waals surface area contributed by atoms with E-state index in [0.717, 1.165) is 66.5 Å². The molecule has 0 saturated carbocycles. The lowest BCUT2D eigenvalue weighted by Crippen LogP contribution is -1.97. The Morgan fingerprint density at radius 1 is 0.373 bits per heavy atom. The van der Waals surface area contributed by atoms with Crippen LogP contribution in [0.4, 0.5) is 0 Å². The van der Waals surface area contributed by atoms with Crippen molar-refractivity contribution in [2.24, 2.45) is 0 Å². The van der Waals surface area contributed by atoms with E-state index in [1.54, 1.807) is 0 Å². The molecule has 4 nitrogen and oxygen atoms in total. The molecule has 0 amide bonds. The molecule has 51 heavy (non-hydrogen) atoms. The van der Waals surface area contributed by atoms with E-state index in [-0.39, 0.29) is 0 Å². The van der Waals surface area contributed by atoms with Crippen molar-refractivity contribution in [1.29, 1.82) is 0 Å². The van der Waals surface area contributed by atoms with E-state index in [1.165, 1.54) is 32.3 Å². The summed E-state index contributed by atoms with van der Waals surface area (Å²) < 4.78 is 6.27. The molecule has 11 rings (SSSR count). The predicted octanol–water partition coefficient (Wildman–Crippen LogP) is 12.5. The topological polar surface area (TPSA) is 51.8 Å². The Labute approximate surface area is 292 Å². The zero-order chi connectivity index (χ0) is 33.5. The average Bonchev–Trinajstić information content (AvgIpc) is 3.59. The average molecular weight is 650 g/mol. The predicted molar refractivity (Wildman–Crippen MR) is 210 cm³/mol. The van der Waals surface area contributed by atoms with Crippen LogP contribution in [-0.4, -0.2) is 15.0 Å². The molecule has 0 unspecified atom stereocenters. The highest BCUT2D eigenvalue weighted by atomic mass is 16.3. The molecule has 0 aliphatic carbocycles. The van der Waals surface area contributed by atoms with Crippen LogP contribution in [0.15, 0.2) is 168 Å². The first kappa shape index (κ1) is 28.0. The number of aromatic nitrogens is 3. The van der Waals surface area contributed by atoms with E-state index in [0.29, 0.717) is 11.5 Å². The van der Waals surface area contributed by atoms with Gasteiger partial charge in [0.15, 0.2) is 5.82 Å². The smallest absolute Gasteiger partial charge is 0.228 e.